The largest absolute Gasteiger partial charge is 0.476 e. The molecule has 110 valence electrons. The van der Waals surface area contributed by atoms with Crippen molar-refractivity contribution in [2.45, 2.75) is 6.92 Å². The van der Waals surface area contributed by atoms with Crippen molar-refractivity contribution in [3.05, 3.63) is 59.7 Å². The van der Waals surface area contributed by atoms with E-state index < -0.39 is 5.97 Å². The van der Waals surface area contributed by atoms with Gasteiger partial charge in [0.15, 0.2) is 11.5 Å². The summed E-state index contributed by atoms with van der Waals surface area (Å²) < 4.78 is 14.4. The minimum absolute atomic E-state index is 0.121. The van der Waals surface area contributed by atoms with Crippen molar-refractivity contribution in [1.82, 2.24) is 9.38 Å². The lowest BCUT2D eigenvalue weighted by atomic mass is 10.3. The van der Waals surface area contributed by atoms with Crippen molar-refractivity contribution < 1.29 is 14.3 Å². The number of aromatic nitrogens is 2. The van der Waals surface area contributed by atoms with Crippen LogP contribution in [0.2, 0.25) is 0 Å². The molecule has 3 aromatic rings. The first kappa shape index (κ1) is 13.9. The van der Waals surface area contributed by atoms with Gasteiger partial charge in [-0.15, -0.1) is 10.2 Å². The van der Waals surface area contributed by atoms with Gasteiger partial charge in [0.25, 0.3) is 0 Å². The summed E-state index contributed by atoms with van der Waals surface area (Å²) in [6.45, 7) is 1.88. The summed E-state index contributed by atoms with van der Waals surface area (Å²) in [5.74, 6) is -1.44. The molecular weight excluding hydrogens is 287 g/mol. The van der Waals surface area contributed by atoms with Gasteiger partial charge in [0.1, 0.15) is 11.5 Å². The summed E-state index contributed by atoms with van der Waals surface area (Å²) in [6.07, 6.45) is 1.73. The number of carboxylic acids is 1. The molecule has 0 spiro atoms. The molecule has 0 aliphatic rings. The van der Waals surface area contributed by atoms with Crippen molar-refractivity contribution >= 4 is 23.1 Å². The van der Waals surface area contributed by atoms with Gasteiger partial charge >= 0.3 is 5.97 Å². The van der Waals surface area contributed by atoms with E-state index in [-0.39, 0.29) is 17.3 Å². The molecule has 3 rings (SSSR count). The zero-order valence-electron chi connectivity index (χ0n) is 11.6. The number of carboxylic acid groups (broad SMARTS) is 1. The Balaban J connectivity index is 2.11. The number of benzene rings is 1. The Morgan fingerprint density at radius 2 is 1.91 bits per heavy atom. The predicted octanol–water partition coefficient (Wildman–Crippen LogP) is 3.90. The average molecular weight is 298 g/mol. The second-order valence-corrected chi connectivity index (χ2v) is 4.70. The van der Waals surface area contributed by atoms with Crippen molar-refractivity contribution in [3.63, 3.8) is 0 Å². The van der Waals surface area contributed by atoms with E-state index in [2.05, 4.69) is 15.2 Å². The van der Waals surface area contributed by atoms with Gasteiger partial charge in [-0.3, -0.25) is 4.40 Å². The van der Waals surface area contributed by atoms with Crippen LogP contribution in [0.25, 0.3) is 5.65 Å². The molecule has 7 heteroatoms. The number of rotatable bonds is 3. The minimum Gasteiger partial charge on any atom is -0.476 e. The summed E-state index contributed by atoms with van der Waals surface area (Å²) in [6, 6.07) is 8.95. The van der Waals surface area contributed by atoms with Crippen molar-refractivity contribution in [1.29, 1.82) is 0 Å². The molecule has 2 aromatic heterocycles. The van der Waals surface area contributed by atoms with Gasteiger partial charge in [0.2, 0.25) is 0 Å². The van der Waals surface area contributed by atoms with E-state index >= 15 is 0 Å². The first-order valence-corrected chi connectivity index (χ1v) is 6.44. The Kier molecular flexibility index (Phi) is 3.38. The summed E-state index contributed by atoms with van der Waals surface area (Å²) in [5, 5.41) is 17.2. The quantitative estimate of drug-likeness (QED) is 0.745. The van der Waals surface area contributed by atoms with Gasteiger partial charge in [-0.1, -0.05) is 6.07 Å². The van der Waals surface area contributed by atoms with Gasteiger partial charge in [0, 0.05) is 6.20 Å². The first-order valence-electron chi connectivity index (χ1n) is 6.44. The van der Waals surface area contributed by atoms with E-state index in [1.807, 2.05) is 13.0 Å². The molecule has 0 fully saturated rings. The zero-order chi connectivity index (χ0) is 15.7. The zero-order valence-corrected chi connectivity index (χ0v) is 11.6. The summed E-state index contributed by atoms with van der Waals surface area (Å²) in [5.41, 5.74) is 1.63. The fraction of sp³-hybridized carbons (Fsp3) is 0.0667. The van der Waals surface area contributed by atoms with Crippen LogP contribution in [-0.4, -0.2) is 20.5 Å². The van der Waals surface area contributed by atoms with Crippen LogP contribution in [0.3, 0.4) is 0 Å². The van der Waals surface area contributed by atoms with Crippen LogP contribution in [0.5, 0.6) is 0 Å². The van der Waals surface area contributed by atoms with Crippen molar-refractivity contribution in [2.24, 2.45) is 10.2 Å². The van der Waals surface area contributed by atoms with Crippen molar-refractivity contribution in [2.75, 3.05) is 0 Å². The summed E-state index contributed by atoms with van der Waals surface area (Å²) in [4.78, 5) is 15.3. The standard InChI is InChI=1S/C15H11FN4O2/c1-9-2-7-12-17-13(15(21)22)14(20(12)8-9)19-18-11-5-3-10(16)4-6-11/h2-8H,1H3,(H,21,22). The normalized spacial score (nSPS) is 11.4. The van der Waals surface area contributed by atoms with Crippen LogP contribution < -0.4 is 0 Å². The molecule has 2 heterocycles. The first-order chi connectivity index (χ1) is 10.5. The highest BCUT2D eigenvalue weighted by Crippen LogP contribution is 2.24. The van der Waals surface area contributed by atoms with E-state index in [4.69, 9.17) is 0 Å². The molecule has 22 heavy (non-hydrogen) atoms. The maximum absolute atomic E-state index is 12.9. The van der Waals surface area contributed by atoms with Gasteiger partial charge in [-0.05, 0) is 42.8 Å². The number of imidazole rings is 1. The Morgan fingerprint density at radius 3 is 2.59 bits per heavy atom. The van der Waals surface area contributed by atoms with Crippen LogP contribution in [0.15, 0.2) is 52.8 Å². The maximum atomic E-state index is 12.9. The number of fused-ring (bicyclic) bond motifs is 1. The number of nitrogens with zero attached hydrogens (tertiary/aromatic N) is 4. The highest BCUT2D eigenvalue weighted by Gasteiger charge is 2.18. The van der Waals surface area contributed by atoms with Gasteiger partial charge in [-0.25, -0.2) is 14.2 Å². The molecule has 6 nitrogen and oxygen atoms in total. The highest BCUT2D eigenvalue weighted by molar-refractivity contribution is 5.91. The Morgan fingerprint density at radius 1 is 1.18 bits per heavy atom. The highest BCUT2D eigenvalue weighted by atomic mass is 19.1. The topological polar surface area (TPSA) is 79.3 Å². The van der Waals surface area contributed by atoms with E-state index in [9.17, 15) is 14.3 Å². The third-order valence-corrected chi connectivity index (χ3v) is 3.03. The Labute approximate surface area is 124 Å². The number of aryl methyl sites for hydroxylation is 1. The second kappa shape index (κ2) is 5.36. The number of azo groups is 1. The molecule has 0 atom stereocenters. The van der Waals surface area contributed by atoms with Crippen LogP contribution in [0.4, 0.5) is 15.9 Å². The second-order valence-electron chi connectivity index (χ2n) is 4.70. The molecule has 0 unspecified atom stereocenters. The van der Waals surface area contributed by atoms with Crippen LogP contribution in [-0.2, 0) is 0 Å². The van der Waals surface area contributed by atoms with Gasteiger partial charge < -0.3 is 5.11 Å². The fourth-order valence-electron chi connectivity index (χ4n) is 1.99. The number of hydrogen-bond acceptors (Lipinski definition) is 4. The number of aromatic carboxylic acids is 1. The average Bonchev–Trinajstić information content (AvgIpc) is 2.85. The smallest absolute Gasteiger partial charge is 0.358 e. The van der Waals surface area contributed by atoms with Gasteiger partial charge in [-0.2, -0.15) is 0 Å². The van der Waals surface area contributed by atoms with E-state index in [0.29, 0.717) is 11.3 Å². The predicted molar refractivity (Wildman–Crippen MR) is 77.5 cm³/mol. The fourth-order valence-corrected chi connectivity index (χ4v) is 1.99. The van der Waals surface area contributed by atoms with E-state index in [0.717, 1.165) is 5.56 Å². The Bertz CT molecular complexity index is 884. The molecular formula is C15H11FN4O2. The molecule has 0 aliphatic carbocycles. The number of hydrogen-bond donors (Lipinski definition) is 1. The monoisotopic (exact) mass is 298 g/mol. The summed E-state index contributed by atoms with van der Waals surface area (Å²) >= 11 is 0. The summed E-state index contributed by atoms with van der Waals surface area (Å²) in [7, 11) is 0. The molecule has 1 N–H and O–H groups in total. The molecule has 0 saturated heterocycles. The molecule has 1 aromatic carbocycles. The van der Waals surface area contributed by atoms with Crippen LogP contribution in [0, 0.1) is 12.7 Å². The molecule has 0 aliphatic heterocycles. The van der Waals surface area contributed by atoms with Crippen molar-refractivity contribution in [3.8, 4) is 0 Å². The number of carbonyl (C=O) groups is 1. The van der Waals surface area contributed by atoms with E-state index in [1.54, 1.807) is 16.7 Å². The lowest BCUT2D eigenvalue weighted by molar-refractivity contribution is 0.0692. The molecule has 0 saturated carbocycles. The maximum Gasteiger partial charge on any atom is 0.358 e. The van der Waals surface area contributed by atoms with Crippen LogP contribution in [0.1, 0.15) is 16.1 Å². The SMILES string of the molecule is Cc1ccc2nc(C(=O)O)c(N=Nc3ccc(F)cc3)n2c1. The molecule has 0 radical (unpaired) electrons. The Hall–Kier alpha value is -3.09. The number of halogens is 1. The van der Waals surface area contributed by atoms with Gasteiger partial charge in [0.05, 0.1) is 5.69 Å². The lowest BCUT2D eigenvalue weighted by Crippen LogP contribution is -1.96. The molecule has 0 bridgehead atoms. The minimum atomic E-state index is -1.19. The van der Waals surface area contributed by atoms with E-state index in [1.165, 1.54) is 24.3 Å². The third-order valence-electron chi connectivity index (χ3n) is 3.03. The molecule has 0 amide bonds. The number of pyridine rings is 1. The van der Waals surface area contributed by atoms with Crippen LogP contribution >= 0.6 is 0 Å². The lowest BCUT2D eigenvalue weighted by Gasteiger charge is -1.98. The third kappa shape index (κ3) is 2.56.